The molecule has 0 amide bonds. The Balaban J connectivity index is 0.00000108. The number of hydrogen-bond donors (Lipinski definition) is 1. The topological polar surface area (TPSA) is 19.7 Å². The summed E-state index contributed by atoms with van der Waals surface area (Å²) in [7, 11) is 0. The van der Waals surface area contributed by atoms with Crippen molar-refractivity contribution in [2.45, 2.75) is 0 Å². The smallest absolute Gasteiger partial charge is 0.247 e. The molecule has 1 N–H and O–H groups in total. The number of imidazole rings is 1. The fraction of sp³-hybridized carbons (Fsp3) is 0. The molecule has 0 unspecified atom stereocenters. The lowest BCUT2D eigenvalue weighted by Gasteiger charge is -1.96. The molecule has 86 valence electrons. The molecule has 1 aromatic heterocycles. The molecule has 1 heterocycles. The summed E-state index contributed by atoms with van der Waals surface area (Å²) < 4.78 is 2.10. The Kier molecular flexibility index (Phi) is 3.36. The Morgan fingerprint density at radius 3 is 2.41 bits per heavy atom. The van der Waals surface area contributed by atoms with Crippen molar-refractivity contribution in [2.75, 3.05) is 0 Å². The highest BCUT2D eigenvalue weighted by Gasteiger charge is 2.10. The molecule has 0 saturated carbocycles. The lowest BCUT2D eigenvalue weighted by molar-refractivity contribution is -0.567. The van der Waals surface area contributed by atoms with Crippen molar-refractivity contribution in [3.8, 4) is 5.69 Å². The van der Waals surface area contributed by atoms with E-state index in [4.69, 9.17) is 11.6 Å². The summed E-state index contributed by atoms with van der Waals surface area (Å²) in [4.78, 5) is 3.23. The molecule has 2 nitrogen and oxygen atoms in total. The third-order valence-electron chi connectivity index (χ3n) is 2.62. The number of aromatic nitrogens is 2. The molecule has 17 heavy (non-hydrogen) atoms. The molecule has 3 aromatic rings. The minimum Gasteiger partial charge on any atom is -1.00 e. The molecule has 0 saturated heterocycles. The lowest BCUT2D eigenvalue weighted by atomic mass is 10.3. The number of benzene rings is 2. The molecule has 0 aliphatic carbocycles. The zero-order valence-electron chi connectivity index (χ0n) is 8.90. The number of hydrogen-bond acceptors (Lipinski definition) is 0. The maximum atomic E-state index is 5.87. The minimum absolute atomic E-state index is 0. The second kappa shape index (κ2) is 4.78. The van der Waals surface area contributed by atoms with E-state index in [1.165, 1.54) is 0 Å². The maximum Gasteiger partial charge on any atom is 0.247 e. The van der Waals surface area contributed by atoms with E-state index in [1.807, 2.05) is 42.7 Å². The van der Waals surface area contributed by atoms with Gasteiger partial charge in [-0.15, -0.1) is 0 Å². The van der Waals surface area contributed by atoms with Crippen LogP contribution in [0.15, 0.2) is 54.9 Å². The van der Waals surface area contributed by atoms with Crippen molar-refractivity contribution in [3.05, 3.63) is 59.9 Å². The fourth-order valence-electron chi connectivity index (χ4n) is 1.82. The average Bonchev–Trinajstić information content (AvgIpc) is 2.74. The molecule has 3 rings (SSSR count). The minimum atomic E-state index is 0. The van der Waals surface area contributed by atoms with Crippen LogP contribution >= 0.6 is 11.6 Å². The van der Waals surface area contributed by atoms with Crippen molar-refractivity contribution in [1.29, 1.82) is 0 Å². The highest BCUT2D eigenvalue weighted by molar-refractivity contribution is 6.30. The molecule has 0 radical (unpaired) electrons. The van der Waals surface area contributed by atoms with Gasteiger partial charge in [0.15, 0.2) is 11.0 Å². The molecule has 4 heteroatoms. The second-order valence-electron chi connectivity index (χ2n) is 3.64. The summed E-state index contributed by atoms with van der Waals surface area (Å²) >= 11 is 5.87. The number of nitrogens with one attached hydrogen (secondary N) is 1. The van der Waals surface area contributed by atoms with Gasteiger partial charge in [-0.25, -0.2) is 4.98 Å². The predicted octanol–water partition coefficient (Wildman–Crippen LogP) is 0.102. The molecular weight excluding hydrogens is 255 g/mol. The van der Waals surface area contributed by atoms with Gasteiger partial charge in [0.25, 0.3) is 0 Å². The van der Waals surface area contributed by atoms with Gasteiger partial charge in [-0.1, -0.05) is 23.7 Å². The van der Waals surface area contributed by atoms with Crippen LogP contribution in [-0.4, -0.2) is 4.98 Å². The van der Waals surface area contributed by atoms with Crippen molar-refractivity contribution in [3.63, 3.8) is 0 Å². The van der Waals surface area contributed by atoms with Crippen LogP contribution in [0.25, 0.3) is 16.7 Å². The van der Waals surface area contributed by atoms with Gasteiger partial charge >= 0.3 is 0 Å². The highest BCUT2D eigenvalue weighted by Crippen LogP contribution is 2.12. The van der Waals surface area contributed by atoms with E-state index < -0.39 is 0 Å². The van der Waals surface area contributed by atoms with E-state index in [2.05, 4.69) is 21.7 Å². The number of fused-ring (bicyclic) bond motifs is 1. The van der Waals surface area contributed by atoms with E-state index in [-0.39, 0.29) is 12.4 Å². The second-order valence-corrected chi connectivity index (χ2v) is 4.07. The van der Waals surface area contributed by atoms with Gasteiger partial charge in [0.2, 0.25) is 6.33 Å². The Labute approximate surface area is 110 Å². The number of nitrogens with zero attached hydrogens (tertiary/aromatic N) is 1. The van der Waals surface area contributed by atoms with Crippen LogP contribution < -0.4 is 17.0 Å². The van der Waals surface area contributed by atoms with Gasteiger partial charge in [-0.3, -0.25) is 0 Å². The van der Waals surface area contributed by atoms with Gasteiger partial charge < -0.3 is 12.4 Å². The van der Waals surface area contributed by atoms with Gasteiger partial charge in [0, 0.05) is 5.02 Å². The first-order valence-corrected chi connectivity index (χ1v) is 5.46. The van der Waals surface area contributed by atoms with Crippen LogP contribution in [0.4, 0.5) is 0 Å². The molecule has 0 atom stereocenters. The molecule has 0 aliphatic rings. The Morgan fingerprint density at radius 1 is 0.941 bits per heavy atom. The van der Waals surface area contributed by atoms with Crippen molar-refractivity contribution < 1.29 is 17.0 Å². The summed E-state index contributed by atoms with van der Waals surface area (Å²) in [6.07, 6.45) is 1.95. The molecule has 0 spiro atoms. The number of para-hydroxylation sites is 2. The Bertz CT molecular complexity index is 629. The summed E-state index contributed by atoms with van der Waals surface area (Å²) in [6.45, 7) is 0. The Morgan fingerprint density at radius 2 is 1.65 bits per heavy atom. The monoisotopic (exact) mass is 264 g/mol. The normalized spacial score (nSPS) is 10.2. The lowest BCUT2D eigenvalue weighted by Crippen LogP contribution is -3.00. The highest BCUT2D eigenvalue weighted by atomic mass is 35.5. The standard InChI is InChI=1S/C13H9ClN2.ClH/c14-10-5-7-11(8-6-10)16-9-15-12-3-1-2-4-13(12)16;/h1-9H;1H. The van der Waals surface area contributed by atoms with E-state index in [0.717, 1.165) is 21.7 Å². The first-order valence-electron chi connectivity index (χ1n) is 5.08. The maximum absolute atomic E-state index is 5.87. The SMILES string of the molecule is Clc1ccc(-[n+]2c[nH]c3ccccc32)cc1.[Cl-]. The van der Waals surface area contributed by atoms with E-state index in [0.29, 0.717) is 0 Å². The molecule has 0 fully saturated rings. The van der Waals surface area contributed by atoms with E-state index >= 15 is 0 Å². The summed E-state index contributed by atoms with van der Waals surface area (Å²) in [6, 6.07) is 16.0. The zero-order chi connectivity index (χ0) is 11.0. The Hall–Kier alpha value is -1.51. The van der Waals surface area contributed by atoms with Gasteiger partial charge in [-0.05, 0) is 36.4 Å². The van der Waals surface area contributed by atoms with Crippen LogP contribution in [0.1, 0.15) is 0 Å². The third kappa shape index (κ3) is 2.14. The largest absolute Gasteiger partial charge is 1.00 e. The molecular formula is C13H10Cl2N2. The van der Waals surface area contributed by atoms with E-state index in [9.17, 15) is 0 Å². The van der Waals surface area contributed by atoms with Crippen LogP contribution in [-0.2, 0) is 0 Å². The van der Waals surface area contributed by atoms with E-state index in [1.54, 1.807) is 0 Å². The number of aromatic amines is 1. The number of rotatable bonds is 1. The zero-order valence-corrected chi connectivity index (χ0v) is 10.4. The van der Waals surface area contributed by atoms with Crippen LogP contribution in [0, 0.1) is 0 Å². The quantitative estimate of drug-likeness (QED) is 0.602. The number of H-pyrrole nitrogens is 1. The average molecular weight is 265 g/mol. The first kappa shape index (κ1) is 12.0. The summed E-state index contributed by atoms with van der Waals surface area (Å²) in [5.41, 5.74) is 3.38. The summed E-state index contributed by atoms with van der Waals surface area (Å²) in [5, 5.41) is 0.754. The predicted molar refractivity (Wildman–Crippen MR) is 64.8 cm³/mol. The van der Waals surface area contributed by atoms with Crippen LogP contribution in [0.3, 0.4) is 0 Å². The van der Waals surface area contributed by atoms with Crippen molar-refractivity contribution in [2.24, 2.45) is 0 Å². The number of halogens is 2. The summed E-state index contributed by atoms with van der Waals surface area (Å²) in [5.74, 6) is 0. The third-order valence-corrected chi connectivity index (χ3v) is 2.87. The fourth-order valence-corrected chi connectivity index (χ4v) is 1.95. The molecule has 0 bridgehead atoms. The van der Waals surface area contributed by atoms with Crippen molar-refractivity contribution >= 4 is 22.6 Å². The van der Waals surface area contributed by atoms with Gasteiger partial charge in [-0.2, -0.15) is 4.57 Å². The molecule has 2 aromatic carbocycles. The van der Waals surface area contributed by atoms with Crippen LogP contribution in [0.2, 0.25) is 5.02 Å². The first-order chi connectivity index (χ1) is 7.84. The van der Waals surface area contributed by atoms with Gasteiger partial charge in [0.1, 0.15) is 5.69 Å². The van der Waals surface area contributed by atoms with Crippen LogP contribution in [0.5, 0.6) is 0 Å². The van der Waals surface area contributed by atoms with Crippen molar-refractivity contribution in [1.82, 2.24) is 4.98 Å². The molecule has 0 aliphatic heterocycles. The van der Waals surface area contributed by atoms with Gasteiger partial charge in [0.05, 0.1) is 0 Å².